The Hall–Kier alpha value is -2.19. The highest BCUT2D eigenvalue weighted by atomic mass is 32.2. The molecule has 0 atom stereocenters. The van der Waals surface area contributed by atoms with Crippen molar-refractivity contribution in [2.24, 2.45) is 0 Å². The normalized spacial score (nSPS) is 14.3. The number of nitrogens with zero attached hydrogens (tertiary/aromatic N) is 3. The van der Waals surface area contributed by atoms with E-state index in [0.29, 0.717) is 21.1 Å². The van der Waals surface area contributed by atoms with Gasteiger partial charge in [-0.3, -0.25) is 14.2 Å². The van der Waals surface area contributed by atoms with E-state index in [1.807, 2.05) is 10.3 Å². The van der Waals surface area contributed by atoms with Gasteiger partial charge in [0.25, 0.3) is 5.56 Å². The molecular weight excluding hydrogens is 373 g/mol. The summed E-state index contributed by atoms with van der Waals surface area (Å²) < 4.78 is 15.3. The van der Waals surface area contributed by atoms with Gasteiger partial charge in [0.15, 0.2) is 5.16 Å². The van der Waals surface area contributed by atoms with Crippen LogP contribution < -0.4 is 5.56 Å². The maximum absolute atomic E-state index is 13.3. The van der Waals surface area contributed by atoms with Gasteiger partial charge in [-0.2, -0.15) is 0 Å². The van der Waals surface area contributed by atoms with E-state index >= 15 is 0 Å². The number of thioether (sulfide) groups is 1. The number of aromatic nitrogens is 2. The first kappa shape index (κ1) is 17.2. The van der Waals surface area contributed by atoms with E-state index in [0.717, 1.165) is 25.9 Å². The van der Waals surface area contributed by atoms with E-state index < -0.39 is 0 Å². The van der Waals surface area contributed by atoms with Crippen molar-refractivity contribution in [2.45, 2.75) is 18.0 Å². The smallest absolute Gasteiger partial charge is 0.276 e. The van der Waals surface area contributed by atoms with E-state index in [1.54, 1.807) is 18.2 Å². The zero-order valence-electron chi connectivity index (χ0n) is 13.9. The number of carbonyl (C=O) groups excluding carboxylic acids is 1. The molecule has 0 unspecified atom stereocenters. The molecule has 26 heavy (non-hydrogen) atoms. The zero-order chi connectivity index (χ0) is 18.1. The minimum Gasteiger partial charge on any atom is -0.342 e. The maximum Gasteiger partial charge on any atom is 0.276 e. The third-order valence-electron chi connectivity index (χ3n) is 4.32. The molecule has 3 heterocycles. The third-order valence-corrected chi connectivity index (χ3v) is 6.13. The van der Waals surface area contributed by atoms with Crippen molar-refractivity contribution in [3.05, 3.63) is 51.9 Å². The molecule has 0 saturated carbocycles. The van der Waals surface area contributed by atoms with Gasteiger partial charge in [-0.25, -0.2) is 9.37 Å². The Balaban J connectivity index is 1.72. The highest BCUT2D eigenvalue weighted by Crippen LogP contribution is 2.24. The Labute approximate surface area is 157 Å². The second-order valence-electron chi connectivity index (χ2n) is 6.02. The number of likely N-dealkylation sites (tertiary alicyclic amines) is 1. The van der Waals surface area contributed by atoms with Gasteiger partial charge in [0.1, 0.15) is 10.5 Å². The number of hydrogen-bond acceptors (Lipinski definition) is 5. The van der Waals surface area contributed by atoms with Crippen molar-refractivity contribution in [1.82, 2.24) is 14.5 Å². The summed E-state index contributed by atoms with van der Waals surface area (Å²) >= 11 is 2.57. The summed E-state index contributed by atoms with van der Waals surface area (Å²) in [5.41, 5.74) is 0.956. The standard InChI is InChI=1S/C18H16FN3O2S2/c19-12-3-5-13(6-4-12)22-17(24)16-14(7-10-25-16)20-18(22)26-11-15(23)21-8-1-2-9-21/h3-7,10H,1-2,8-9,11H2. The van der Waals surface area contributed by atoms with Crippen molar-refractivity contribution in [3.63, 3.8) is 0 Å². The second-order valence-corrected chi connectivity index (χ2v) is 7.88. The summed E-state index contributed by atoms with van der Waals surface area (Å²) in [6.07, 6.45) is 2.08. The van der Waals surface area contributed by atoms with Crippen LogP contribution in [0, 0.1) is 5.82 Å². The largest absolute Gasteiger partial charge is 0.342 e. The van der Waals surface area contributed by atoms with Gasteiger partial charge in [0.05, 0.1) is 17.0 Å². The van der Waals surface area contributed by atoms with Crippen LogP contribution in [0.15, 0.2) is 45.7 Å². The van der Waals surface area contributed by atoms with Crippen LogP contribution in [0.25, 0.3) is 15.9 Å². The van der Waals surface area contributed by atoms with Crippen LogP contribution in [0.4, 0.5) is 4.39 Å². The summed E-state index contributed by atoms with van der Waals surface area (Å²) in [7, 11) is 0. The van der Waals surface area contributed by atoms with Gasteiger partial charge >= 0.3 is 0 Å². The van der Waals surface area contributed by atoms with Crippen LogP contribution in [-0.4, -0.2) is 39.2 Å². The summed E-state index contributed by atoms with van der Waals surface area (Å²) in [6, 6.07) is 7.51. The Bertz CT molecular complexity index is 1010. The van der Waals surface area contributed by atoms with Gasteiger partial charge < -0.3 is 4.90 Å². The molecule has 0 bridgehead atoms. The van der Waals surface area contributed by atoms with Crippen LogP contribution in [0.5, 0.6) is 0 Å². The minimum atomic E-state index is -0.370. The molecule has 8 heteroatoms. The Morgan fingerprint density at radius 2 is 1.92 bits per heavy atom. The van der Waals surface area contributed by atoms with Crippen LogP contribution >= 0.6 is 23.1 Å². The average Bonchev–Trinajstić information content (AvgIpc) is 3.32. The number of benzene rings is 1. The van der Waals surface area contributed by atoms with Gasteiger partial charge in [-0.15, -0.1) is 11.3 Å². The number of carbonyl (C=O) groups is 1. The quantitative estimate of drug-likeness (QED) is 0.508. The molecule has 1 fully saturated rings. The van der Waals surface area contributed by atoms with E-state index in [9.17, 15) is 14.0 Å². The number of rotatable bonds is 4. The van der Waals surface area contributed by atoms with Crippen molar-refractivity contribution in [1.29, 1.82) is 0 Å². The summed E-state index contributed by atoms with van der Waals surface area (Å²) in [4.78, 5) is 31.7. The molecule has 1 saturated heterocycles. The molecule has 1 aromatic carbocycles. The van der Waals surface area contributed by atoms with E-state index in [1.165, 1.54) is 39.8 Å². The van der Waals surface area contributed by atoms with Crippen molar-refractivity contribution >= 4 is 39.2 Å². The molecule has 4 rings (SSSR count). The first-order chi connectivity index (χ1) is 12.6. The lowest BCUT2D eigenvalue weighted by molar-refractivity contribution is -0.127. The fourth-order valence-electron chi connectivity index (χ4n) is 2.99. The van der Waals surface area contributed by atoms with Gasteiger partial charge in [-0.05, 0) is 48.6 Å². The summed E-state index contributed by atoms with van der Waals surface area (Å²) in [5, 5.41) is 2.26. The molecule has 2 aromatic heterocycles. The lowest BCUT2D eigenvalue weighted by Crippen LogP contribution is -2.29. The molecule has 0 spiro atoms. The van der Waals surface area contributed by atoms with E-state index in [2.05, 4.69) is 4.98 Å². The van der Waals surface area contributed by atoms with Crippen LogP contribution in [0.1, 0.15) is 12.8 Å². The second kappa shape index (κ2) is 7.20. The summed E-state index contributed by atoms with van der Waals surface area (Å²) in [5.74, 6) is -0.0910. The molecule has 134 valence electrons. The molecule has 0 aliphatic carbocycles. The van der Waals surface area contributed by atoms with Crippen molar-refractivity contribution in [3.8, 4) is 5.69 Å². The molecular formula is C18H16FN3O2S2. The molecule has 1 aliphatic heterocycles. The average molecular weight is 389 g/mol. The zero-order valence-corrected chi connectivity index (χ0v) is 15.5. The van der Waals surface area contributed by atoms with Crippen molar-refractivity contribution in [2.75, 3.05) is 18.8 Å². The predicted molar refractivity (Wildman–Crippen MR) is 102 cm³/mol. The number of amides is 1. The number of halogens is 1. The monoisotopic (exact) mass is 389 g/mol. The third kappa shape index (κ3) is 3.26. The molecule has 0 N–H and O–H groups in total. The predicted octanol–water partition coefficient (Wildman–Crippen LogP) is 3.30. The fourth-order valence-corrected chi connectivity index (χ4v) is 4.67. The molecule has 1 aliphatic rings. The first-order valence-corrected chi connectivity index (χ1v) is 10.2. The topological polar surface area (TPSA) is 55.2 Å². The molecule has 3 aromatic rings. The maximum atomic E-state index is 13.3. The minimum absolute atomic E-state index is 0.0535. The van der Waals surface area contributed by atoms with Crippen LogP contribution in [-0.2, 0) is 4.79 Å². The van der Waals surface area contributed by atoms with E-state index in [4.69, 9.17) is 0 Å². The fraction of sp³-hybridized carbons (Fsp3) is 0.278. The number of thiophene rings is 1. The lowest BCUT2D eigenvalue weighted by Gasteiger charge is -2.16. The Kier molecular flexibility index (Phi) is 4.78. The van der Waals surface area contributed by atoms with Crippen LogP contribution in [0.3, 0.4) is 0 Å². The van der Waals surface area contributed by atoms with Crippen molar-refractivity contribution < 1.29 is 9.18 Å². The SMILES string of the molecule is O=C(CSc1nc2ccsc2c(=O)n1-c1ccc(F)cc1)N1CCCC1. The Morgan fingerprint density at radius 3 is 2.65 bits per heavy atom. The highest BCUT2D eigenvalue weighted by molar-refractivity contribution is 7.99. The summed E-state index contributed by atoms with van der Waals surface area (Å²) in [6.45, 7) is 1.59. The Morgan fingerprint density at radius 1 is 1.19 bits per heavy atom. The first-order valence-electron chi connectivity index (χ1n) is 8.30. The lowest BCUT2D eigenvalue weighted by atomic mass is 10.3. The van der Waals surface area contributed by atoms with Gasteiger partial charge in [0, 0.05) is 13.1 Å². The van der Waals surface area contributed by atoms with Gasteiger partial charge in [-0.1, -0.05) is 11.8 Å². The number of hydrogen-bond donors (Lipinski definition) is 0. The molecule has 5 nitrogen and oxygen atoms in total. The van der Waals surface area contributed by atoms with Crippen LogP contribution in [0.2, 0.25) is 0 Å². The molecule has 0 radical (unpaired) electrons. The van der Waals surface area contributed by atoms with E-state index in [-0.39, 0.29) is 23.0 Å². The highest BCUT2D eigenvalue weighted by Gasteiger charge is 2.20. The van der Waals surface area contributed by atoms with Gasteiger partial charge in [0.2, 0.25) is 5.91 Å². The number of fused-ring (bicyclic) bond motifs is 1. The molecule has 1 amide bonds.